The van der Waals surface area contributed by atoms with Crippen LogP contribution >= 0.6 is 0 Å². The molecule has 0 aliphatic carbocycles. The highest BCUT2D eigenvalue weighted by molar-refractivity contribution is 5.89. The maximum absolute atomic E-state index is 11.2. The van der Waals surface area contributed by atoms with Crippen LogP contribution < -0.4 is 0 Å². The van der Waals surface area contributed by atoms with E-state index in [2.05, 4.69) is 4.74 Å². The number of benzene rings is 1. The first-order chi connectivity index (χ1) is 8.04. The van der Waals surface area contributed by atoms with Gasteiger partial charge in [-0.1, -0.05) is 17.7 Å². The van der Waals surface area contributed by atoms with Gasteiger partial charge in [0.05, 0.1) is 17.1 Å². The molecule has 0 fully saturated rings. The summed E-state index contributed by atoms with van der Waals surface area (Å²) in [5.41, 5.74) is 1.12. The van der Waals surface area contributed by atoms with Gasteiger partial charge in [-0.3, -0.25) is 10.1 Å². The molecule has 5 nitrogen and oxygen atoms in total. The Balaban J connectivity index is 3.05. The lowest BCUT2D eigenvalue weighted by atomic mass is 10.1. The van der Waals surface area contributed by atoms with Crippen LogP contribution in [0.1, 0.15) is 18.1 Å². The highest BCUT2D eigenvalue weighted by atomic mass is 16.6. The third-order valence-corrected chi connectivity index (χ3v) is 2.09. The Labute approximate surface area is 98.9 Å². The lowest BCUT2D eigenvalue weighted by Crippen LogP contribution is -2.05. The SMILES string of the molecule is CCOC(=O)/C=C(\c1ccc(C)cc1)[N+](=O)[O-]. The molecule has 0 N–H and O–H groups in total. The first-order valence-corrected chi connectivity index (χ1v) is 5.14. The van der Waals surface area contributed by atoms with E-state index in [1.54, 1.807) is 31.2 Å². The van der Waals surface area contributed by atoms with Crippen LogP contribution in [0.25, 0.3) is 5.70 Å². The molecule has 0 aromatic heterocycles. The van der Waals surface area contributed by atoms with E-state index in [1.807, 2.05) is 6.92 Å². The van der Waals surface area contributed by atoms with Gasteiger partial charge in [0.25, 0.3) is 5.70 Å². The molecular formula is C12H13NO4. The van der Waals surface area contributed by atoms with Gasteiger partial charge in [-0.25, -0.2) is 4.79 Å². The number of nitrogens with zero attached hydrogens (tertiary/aromatic N) is 1. The van der Waals surface area contributed by atoms with Crippen LogP contribution in [0.2, 0.25) is 0 Å². The Kier molecular flexibility index (Phi) is 4.39. The Morgan fingerprint density at radius 2 is 2.00 bits per heavy atom. The van der Waals surface area contributed by atoms with E-state index in [0.717, 1.165) is 11.6 Å². The lowest BCUT2D eigenvalue weighted by molar-refractivity contribution is -0.375. The molecule has 5 heteroatoms. The maximum Gasteiger partial charge on any atom is 0.337 e. The standard InChI is InChI=1S/C12H13NO4/c1-3-17-12(14)8-11(13(15)16)10-6-4-9(2)5-7-10/h4-8H,3H2,1-2H3/b11-8+. The van der Waals surface area contributed by atoms with E-state index in [0.29, 0.717) is 5.56 Å². The molecule has 0 saturated carbocycles. The van der Waals surface area contributed by atoms with Crippen molar-refractivity contribution in [1.82, 2.24) is 0 Å². The fourth-order valence-corrected chi connectivity index (χ4v) is 1.26. The molecule has 0 saturated heterocycles. The number of hydrogen-bond donors (Lipinski definition) is 0. The normalized spacial score (nSPS) is 11.1. The minimum atomic E-state index is -0.709. The molecule has 0 bridgehead atoms. The van der Waals surface area contributed by atoms with Gasteiger partial charge in [0.1, 0.15) is 6.08 Å². The molecule has 0 radical (unpaired) electrons. The molecule has 0 aliphatic heterocycles. The van der Waals surface area contributed by atoms with Crippen molar-refractivity contribution in [2.24, 2.45) is 0 Å². The molecule has 17 heavy (non-hydrogen) atoms. The van der Waals surface area contributed by atoms with Crippen molar-refractivity contribution in [3.8, 4) is 0 Å². The van der Waals surface area contributed by atoms with Crippen LogP contribution in [0.4, 0.5) is 0 Å². The molecular weight excluding hydrogens is 222 g/mol. The van der Waals surface area contributed by atoms with Gasteiger partial charge in [0, 0.05) is 0 Å². The second-order valence-corrected chi connectivity index (χ2v) is 3.40. The Hall–Kier alpha value is -2.17. The smallest absolute Gasteiger partial charge is 0.337 e. The molecule has 0 unspecified atom stereocenters. The zero-order valence-electron chi connectivity index (χ0n) is 9.67. The summed E-state index contributed by atoms with van der Waals surface area (Å²) >= 11 is 0. The van der Waals surface area contributed by atoms with Crippen LogP contribution in [0, 0.1) is 17.0 Å². The van der Waals surface area contributed by atoms with Crippen molar-refractivity contribution < 1.29 is 14.5 Å². The molecule has 0 aliphatic rings. The first kappa shape index (κ1) is 12.9. The predicted octanol–water partition coefficient (Wildman–Crippen LogP) is 2.18. The molecule has 1 aromatic rings. The summed E-state index contributed by atoms with van der Waals surface area (Å²) in [5, 5.41) is 10.9. The summed E-state index contributed by atoms with van der Waals surface area (Å²) in [5.74, 6) is -0.709. The quantitative estimate of drug-likeness (QED) is 0.347. The number of ether oxygens (including phenoxy) is 1. The third-order valence-electron chi connectivity index (χ3n) is 2.09. The maximum atomic E-state index is 11.2. The van der Waals surface area contributed by atoms with Crippen molar-refractivity contribution in [2.45, 2.75) is 13.8 Å². The Morgan fingerprint density at radius 3 is 2.47 bits per heavy atom. The molecule has 0 amide bonds. The summed E-state index contributed by atoms with van der Waals surface area (Å²) in [6.45, 7) is 3.71. The van der Waals surface area contributed by atoms with Gasteiger partial charge in [-0.2, -0.15) is 0 Å². The number of rotatable bonds is 4. The number of carbonyl (C=O) groups excluding carboxylic acids is 1. The monoisotopic (exact) mass is 235 g/mol. The number of esters is 1. The van der Waals surface area contributed by atoms with Crippen molar-refractivity contribution in [3.05, 3.63) is 51.6 Å². The zero-order chi connectivity index (χ0) is 12.8. The van der Waals surface area contributed by atoms with Crippen LogP contribution in [0.15, 0.2) is 30.3 Å². The van der Waals surface area contributed by atoms with Crippen molar-refractivity contribution in [1.29, 1.82) is 0 Å². The predicted molar refractivity (Wildman–Crippen MR) is 62.8 cm³/mol. The number of hydrogen-bond acceptors (Lipinski definition) is 4. The first-order valence-electron chi connectivity index (χ1n) is 5.14. The second-order valence-electron chi connectivity index (χ2n) is 3.40. The highest BCUT2D eigenvalue weighted by Gasteiger charge is 2.16. The van der Waals surface area contributed by atoms with Crippen molar-refractivity contribution in [3.63, 3.8) is 0 Å². The summed E-state index contributed by atoms with van der Waals surface area (Å²) in [7, 11) is 0. The van der Waals surface area contributed by atoms with Gasteiger partial charge in [-0.05, 0) is 26.0 Å². The van der Waals surface area contributed by atoms with E-state index >= 15 is 0 Å². The van der Waals surface area contributed by atoms with E-state index in [9.17, 15) is 14.9 Å². The Bertz CT molecular complexity index is 448. The summed E-state index contributed by atoms with van der Waals surface area (Å²) < 4.78 is 4.65. The van der Waals surface area contributed by atoms with E-state index < -0.39 is 10.9 Å². The summed E-state index contributed by atoms with van der Waals surface area (Å²) in [6.07, 6.45) is 0.897. The number of nitro groups is 1. The average Bonchev–Trinajstić information content (AvgIpc) is 2.27. The van der Waals surface area contributed by atoms with Crippen molar-refractivity contribution >= 4 is 11.7 Å². The molecule has 0 atom stereocenters. The minimum Gasteiger partial charge on any atom is -0.463 e. The molecule has 90 valence electrons. The van der Waals surface area contributed by atoms with E-state index in [1.165, 1.54) is 0 Å². The summed E-state index contributed by atoms with van der Waals surface area (Å²) in [4.78, 5) is 21.5. The van der Waals surface area contributed by atoms with Crippen LogP contribution in [-0.2, 0) is 9.53 Å². The zero-order valence-corrected chi connectivity index (χ0v) is 9.67. The van der Waals surface area contributed by atoms with Gasteiger partial charge in [0.15, 0.2) is 0 Å². The molecule has 0 heterocycles. The number of aryl methyl sites for hydroxylation is 1. The van der Waals surface area contributed by atoms with Crippen molar-refractivity contribution in [2.75, 3.05) is 6.61 Å². The largest absolute Gasteiger partial charge is 0.463 e. The molecule has 0 spiro atoms. The summed E-state index contributed by atoms with van der Waals surface area (Å²) in [6, 6.07) is 6.70. The van der Waals surface area contributed by atoms with Crippen LogP contribution in [0.5, 0.6) is 0 Å². The van der Waals surface area contributed by atoms with E-state index in [-0.39, 0.29) is 12.3 Å². The van der Waals surface area contributed by atoms with Gasteiger partial charge in [-0.15, -0.1) is 0 Å². The van der Waals surface area contributed by atoms with Crippen LogP contribution in [-0.4, -0.2) is 17.5 Å². The van der Waals surface area contributed by atoms with Gasteiger partial charge in [0.2, 0.25) is 0 Å². The highest BCUT2D eigenvalue weighted by Crippen LogP contribution is 2.15. The third kappa shape index (κ3) is 3.71. The lowest BCUT2D eigenvalue weighted by Gasteiger charge is -2.00. The second kappa shape index (κ2) is 5.79. The van der Waals surface area contributed by atoms with Gasteiger partial charge < -0.3 is 4.74 Å². The minimum absolute atomic E-state index is 0.189. The number of carbonyl (C=O) groups is 1. The Morgan fingerprint density at radius 1 is 1.41 bits per heavy atom. The molecule has 1 aromatic carbocycles. The fourth-order valence-electron chi connectivity index (χ4n) is 1.26. The van der Waals surface area contributed by atoms with Gasteiger partial charge >= 0.3 is 5.97 Å². The average molecular weight is 235 g/mol. The van der Waals surface area contributed by atoms with E-state index in [4.69, 9.17) is 0 Å². The topological polar surface area (TPSA) is 69.4 Å². The molecule has 1 rings (SSSR count). The van der Waals surface area contributed by atoms with Crippen LogP contribution in [0.3, 0.4) is 0 Å². The fraction of sp³-hybridized carbons (Fsp3) is 0.250.